The average molecular weight is 1200 g/mol. The number of aliphatic hydroxyl groups is 4. The molecule has 1 aliphatic carbocycles. The van der Waals surface area contributed by atoms with Gasteiger partial charge in [0.15, 0.2) is 25.3 Å². The molecule has 4 aromatic rings. The van der Waals surface area contributed by atoms with Crippen LogP contribution < -0.4 is 25.0 Å². The van der Waals surface area contributed by atoms with Gasteiger partial charge in [-0.2, -0.15) is 5.11 Å². The summed E-state index contributed by atoms with van der Waals surface area (Å²) in [5, 5.41) is 43.0. The summed E-state index contributed by atoms with van der Waals surface area (Å²) in [6.45, 7) is 22.4. The lowest BCUT2D eigenvalue weighted by molar-refractivity contribution is -0.147. The summed E-state index contributed by atoms with van der Waals surface area (Å²) in [5.74, 6) is -0.0829. The molecule has 0 bridgehead atoms. The number of aliphatic hydroxyl groups excluding tert-OH is 4. The van der Waals surface area contributed by atoms with Gasteiger partial charge in [0.25, 0.3) is 0 Å². The van der Waals surface area contributed by atoms with Crippen molar-refractivity contribution in [1.29, 1.82) is 0 Å². The van der Waals surface area contributed by atoms with Gasteiger partial charge in [-0.05, 0) is 153 Å². The predicted octanol–water partition coefficient (Wildman–Crippen LogP) is 9.21. The number of Topliss-reactive ketones (excluding diaryl/α,β-unsaturated/α-hetero) is 1. The Kier molecular flexibility index (Phi) is 41.3. The number of nitrogens with zero attached hydrogens (tertiary/aromatic N) is 5. The van der Waals surface area contributed by atoms with Crippen LogP contribution in [0.2, 0.25) is 12.1 Å². The number of ether oxygens (including phenoxy) is 2. The normalized spacial score (nSPS) is 11.1. The summed E-state index contributed by atoms with van der Waals surface area (Å²) >= 11 is 0. The summed E-state index contributed by atoms with van der Waals surface area (Å²) in [6, 6.07) is 37.3. The number of hydrogen-bond acceptors (Lipinski definition) is 17. The number of ketones is 1. The third-order valence-electron chi connectivity index (χ3n) is 12.7. The lowest BCUT2D eigenvalue weighted by Gasteiger charge is -2.22. The van der Waals surface area contributed by atoms with Crippen LogP contribution in [0.3, 0.4) is 0 Å². The van der Waals surface area contributed by atoms with Gasteiger partial charge in [-0.25, -0.2) is 9.37 Å². The molecule has 464 valence electrons. The number of anilines is 2. The standard InChI is InChI=1S/C37H49N2O6Si.C21H30N4O2Si.2C2H6O.2CH4O/c1-7-38(8-2)27-17-19-31-33(24-27)45-34-25-28(39(9-3)10-4)18-20-32(34)35(31)29-15-11-12-16-30(29)37(41)43-21-13-14-26(5)36(40)44-22-23-46-42-6;1-4-27-28-15-7-14-22-16-21(26)19-8-5-6-9-20(19)24-23-17-10-12-18(13-11-17)25(2)3;2*1-2-3;2*1-2/h11-12,15-20,24-26H,7-10,13-14,21-23,46H2,1-6H3;5-6,8-13,22H,4,7,14-16,28H2,1-3H3;2*3H,2H2,1H3;2*2H,1H3/q+1;;;;;. The maximum atomic E-state index is 13.6. The molecule has 18 nitrogen and oxygen atoms in total. The number of esters is 2. The SMILES string of the molecule is CCN(CC)c1ccc2c(-c3ccccc3C(=O)OCCCC(C)C(=O)OCC[SiH2]OC)c3ccc(=[N+](CC)CC)cc-3oc2c1.CCO.CCO.CCO[SiH2]CCCNCC(=O)c1ccccc1N=Nc1ccc(N(C)C)cc1.CO.CO. The molecule has 2 aliphatic rings. The molecule has 84 heavy (non-hydrogen) atoms. The average Bonchev–Trinajstić information content (AvgIpc) is 1.04. The van der Waals surface area contributed by atoms with E-state index in [0.29, 0.717) is 42.8 Å². The van der Waals surface area contributed by atoms with Crippen LogP contribution in [0.15, 0.2) is 124 Å². The highest BCUT2D eigenvalue weighted by Gasteiger charge is 2.24. The van der Waals surface area contributed by atoms with Gasteiger partial charge >= 0.3 is 11.9 Å². The molecule has 1 heterocycles. The Labute approximate surface area is 504 Å². The minimum atomic E-state index is -0.606. The molecule has 0 radical (unpaired) electrons. The lowest BCUT2D eigenvalue weighted by Crippen LogP contribution is -2.29. The summed E-state index contributed by atoms with van der Waals surface area (Å²) < 4.78 is 30.6. The van der Waals surface area contributed by atoms with E-state index in [2.05, 4.69) is 89.1 Å². The topological polar surface area (TPSA) is 228 Å². The minimum Gasteiger partial charge on any atom is -0.466 e. The number of fused-ring (bicyclic) bond motifs is 2. The van der Waals surface area contributed by atoms with Gasteiger partial charge in [0.1, 0.15) is 24.4 Å². The largest absolute Gasteiger partial charge is 0.466 e. The second-order valence-electron chi connectivity index (χ2n) is 18.7. The molecule has 0 aromatic heterocycles. The molecular weight excluding hydrogens is 1100 g/mol. The number of hydrogen-bond donors (Lipinski definition) is 5. The van der Waals surface area contributed by atoms with Crippen molar-refractivity contribution >= 4 is 71.0 Å². The van der Waals surface area contributed by atoms with Gasteiger partial charge in [0, 0.05) is 114 Å². The van der Waals surface area contributed by atoms with E-state index in [-0.39, 0.29) is 47.3 Å². The van der Waals surface area contributed by atoms with E-state index in [4.69, 9.17) is 43.2 Å². The molecule has 0 spiro atoms. The summed E-state index contributed by atoms with van der Waals surface area (Å²) in [4.78, 5) is 42.7. The Morgan fingerprint density at radius 3 is 1.95 bits per heavy atom. The van der Waals surface area contributed by atoms with Crippen molar-refractivity contribution in [3.63, 3.8) is 0 Å². The number of benzene rings is 5. The molecule has 0 saturated carbocycles. The van der Waals surface area contributed by atoms with Gasteiger partial charge in [-0.1, -0.05) is 37.3 Å². The number of nitrogens with one attached hydrogen (secondary N) is 1. The van der Waals surface area contributed by atoms with Crippen LogP contribution in [0.5, 0.6) is 0 Å². The third kappa shape index (κ3) is 26.2. The smallest absolute Gasteiger partial charge is 0.338 e. The van der Waals surface area contributed by atoms with E-state index < -0.39 is 15.7 Å². The third-order valence-corrected chi connectivity index (χ3v) is 15.2. The highest BCUT2D eigenvalue weighted by molar-refractivity contribution is 6.27. The number of azo groups is 1. The molecule has 0 amide bonds. The van der Waals surface area contributed by atoms with Crippen LogP contribution in [0.1, 0.15) is 95.4 Å². The van der Waals surface area contributed by atoms with Crippen molar-refractivity contribution < 1.29 is 57.6 Å². The first kappa shape index (κ1) is 75.5. The maximum absolute atomic E-state index is 13.6. The lowest BCUT2D eigenvalue weighted by atomic mass is 9.90. The second kappa shape index (κ2) is 45.9. The van der Waals surface area contributed by atoms with Crippen LogP contribution in [0, 0.1) is 5.92 Å². The molecular formula is C64H99N6O12Si2+. The Bertz CT molecular complexity index is 2820. The Balaban J connectivity index is 0.000000790. The van der Waals surface area contributed by atoms with Crippen LogP contribution in [0.4, 0.5) is 22.7 Å². The van der Waals surface area contributed by atoms with Crippen molar-refractivity contribution in [3.8, 4) is 22.5 Å². The Hall–Kier alpha value is -6.47. The summed E-state index contributed by atoms with van der Waals surface area (Å²) in [5.41, 5.74) is 8.05. The van der Waals surface area contributed by atoms with Crippen molar-refractivity contribution in [2.24, 2.45) is 16.1 Å². The minimum absolute atomic E-state index is 0.0274. The quantitative estimate of drug-likeness (QED) is 0.00587. The van der Waals surface area contributed by atoms with E-state index in [1.54, 1.807) is 27.0 Å². The van der Waals surface area contributed by atoms with E-state index in [9.17, 15) is 14.4 Å². The van der Waals surface area contributed by atoms with Gasteiger partial charge in [-0.15, -0.1) is 5.11 Å². The number of carbonyl (C=O) groups is 3. The highest BCUT2D eigenvalue weighted by atomic mass is 28.2. The first-order chi connectivity index (χ1) is 40.8. The van der Waals surface area contributed by atoms with Crippen molar-refractivity contribution in [2.45, 2.75) is 86.7 Å². The van der Waals surface area contributed by atoms with Gasteiger partial charge in [0.2, 0.25) is 5.36 Å². The van der Waals surface area contributed by atoms with Crippen molar-refractivity contribution in [2.75, 3.05) is 118 Å². The van der Waals surface area contributed by atoms with E-state index in [0.717, 1.165) is 128 Å². The molecule has 5 N–H and O–H groups in total. The van der Waals surface area contributed by atoms with Gasteiger partial charge in [-0.3, -0.25) is 9.59 Å². The summed E-state index contributed by atoms with van der Waals surface area (Å²) in [6.07, 6.45) is 2.19. The fraction of sp³-hybridized carbons (Fsp3) is 0.469. The zero-order chi connectivity index (χ0) is 62.7. The van der Waals surface area contributed by atoms with Gasteiger partial charge in [0.05, 0.1) is 48.7 Å². The van der Waals surface area contributed by atoms with Crippen LogP contribution >= 0.6 is 0 Å². The molecule has 0 fully saturated rings. The van der Waals surface area contributed by atoms with E-state index >= 15 is 0 Å². The van der Waals surface area contributed by atoms with Crippen LogP contribution in [-0.4, -0.2) is 165 Å². The number of rotatable bonds is 28. The second-order valence-corrected chi connectivity index (χ2v) is 21.9. The Morgan fingerprint density at radius 1 is 0.702 bits per heavy atom. The first-order valence-corrected chi connectivity index (χ1v) is 32.4. The fourth-order valence-electron chi connectivity index (χ4n) is 8.50. The maximum Gasteiger partial charge on any atom is 0.338 e. The molecule has 6 rings (SSSR count). The summed E-state index contributed by atoms with van der Waals surface area (Å²) in [7, 11) is 6.68. The van der Waals surface area contributed by atoms with Crippen molar-refractivity contribution in [1.82, 2.24) is 9.89 Å². The zero-order valence-electron chi connectivity index (χ0n) is 52.5. The van der Waals surface area contributed by atoms with E-state index in [1.807, 2.05) is 99.6 Å². The zero-order valence-corrected chi connectivity index (χ0v) is 55.3. The highest BCUT2D eigenvalue weighted by Crippen LogP contribution is 2.42. The Morgan fingerprint density at radius 2 is 1.33 bits per heavy atom. The number of carbonyl (C=O) groups excluding carboxylic acids is 3. The molecule has 1 unspecified atom stereocenters. The molecule has 0 saturated heterocycles. The monoisotopic (exact) mass is 1200 g/mol. The van der Waals surface area contributed by atoms with E-state index in [1.165, 1.54) is 0 Å². The van der Waals surface area contributed by atoms with Gasteiger partial charge < -0.3 is 58.3 Å². The molecule has 4 aromatic carbocycles. The molecule has 20 heteroatoms. The fourth-order valence-corrected chi connectivity index (χ4v) is 10.00. The van der Waals surface area contributed by atoms with Crippen molar-refractivity contribution in [3.05, 3.63) is 126 Å². The molecule has 1 atom stereocenters. The van der Waals surface area contributed by atoms with Crippen LogP contribution in [0.25, 0.3) is 33.4 Å². The molecule has 1 aliphatic heterocycles. The predicted molar refractivity (Wildman–Crippen MR) is 348 cm³/mol. The van der Waals surface area contributed by atoms with Crippen LogP contribution in [-0.2, 0) is 23.1 Å². The first-order valence-electron chi connectivity index (χ1n) is 29.3.